The number of hydrogen-bond acceptors (Lipinski definition) is 2. The lowest BCUT2D eigenvalue weighted by Gasteiger charge is -2.27. The van der Waals surface area contributed by atoms with Gasteiger partial charge >= 0.3 is 0 Å². The Bertz CT molecular complexity index is 123. The van der Waals surface area contributed by atoms with Crippen LogP contribution in [0, 0.1) is 5.92 Å². The summed E-state index contributed by atoms with van der Waals surface area (Å²) in [6.07, 6.45) is 3.28. The van der Waals surface area contributed by atoms with Gasteiger partial charge in [-0.15, -0.1) is 0 Å². The van der Waals surface area contributed by atoms with Gasteiger partial charge < -0.3 is 10.2 Å². The maximum atomic E-state index is 10.2. The van der Waals surface area contributed by atoms with Crippen LogP contribution in [0.3, 0.4) is 0 Å². The minimum Gasteiger partial charge on any atom is -0.348 e. The Morgan fingerprint density at radius 1 is 1.64 bits per heavy atom. The molecule has 0 spiro atoms. The highest BCUT2D eigenvalue weighted by Gasteiger charge is 2.15. The van der Waals surface area contributed by atoms with E-state index in [1.54, 1.807) is 4.90 Å². The van der Waals surface area contributed by atoms with Gasteiger partial charge in [-0.25, -0.2) is 0 Å². The molecule has 0 aliphatic carbocycles. The average Bonchev–Trinajstić information content (AvgIpc) is 1.94. The summed E-state index contributed by atoms with van der Waals surface area (Å²) in [7, 11) is 1.83. The average molecular weight is 156 g/mol. The summed E-state index contributed by atoms with van der Waals surface area (Å²) in [5.41, 5.74) is 0. The standard InChI is InChI=1S/C8H16N2O/c1-10(7-11)4-2-3-8-5-9-6-8/h7-9H,2-6H2,1H3. The summed E-state index contributed by atoms with van der Waals surface area (Å²) >= 11 is 0. The van der Waals surface area contributed by atoms with E-state index < -0.39 is 0 Å². The molecular formula is C8H16N2O. The molecule has 0 aromatic rings. The van der Waals surface area contributed by atoms with Crippen LogP contribution in [-0.2, 0) is 4.79 Å². The highest BCUT2D eigenvalue weighted by atomic mass is 16.1. The van der Waals surface area contributed by atoms with Gasteiger partial charge in [0.1, 0.15) is 0 Å². The van der Waals surface area contributed by atoms with Crippen molar-refractivity contribution in [3.8, 4) is 0 Å². The molecule has 1 saturated heterocycles. The van der Waals surface area contributed by atoms with Gasteiger partial charge in [-0.2, -0.15) is 0 Å². The van der Waals surface area contributed by atoms with Crippen molar-refractivity contribution in [1.82, 2.24) is 10.2 Å². The van der Waals surface area contributed by atoms with Crippen molar-refractivity contribution in [1.29, 1.82) is 0 Å². The third-order valence-electron chi connectivity index (χ3n) is 2.17. The predicted octanol–water partition coefficient (Wildman–Crippen LogP) is 0.0742. The number of amides is 1. The van der Waals surface area contributed by atoms with E-state index in [4.69, 9.17) is 0 Å². The second-order valence-electron chi connectivity index (χ2n) is 3.25. The smallest absolute Gasteiger partial charge is 0.209 e. The molecular weight excluding hydrogens is 140 g/mol. The summed E-state index contributed by atoms with van der Waals surface area (Å²) in [6.45, 7) is 3.25. The van der Waals surface area contributed by atoms with Crippen LogP contribution in [-0.4, -0.2) is 38.0 Å². The van der Waals surface area contributed by atoms with Crippen LogP contribution in [0.25, 0.3) is 0 Å². The van der Waals surface area contributed by atoms with Crippen LogP contribution in [0.4, 0.5) is 0 Å². The zero-order valence-corrected chi connectivity index (χ0v) is 7.05. The quantitative estimate of drug-likeness (QED) is 0.571. The number of hydrogen-bond donors (Lipinski definition) is 1. The number of nitrogens with one attached hydrogen (secondary N) is 1. The van der Waals surface area contributed by atoms with Gasteiger partial charge in [0.25, 0.3) is 0 Å². The van der Waals surface area contributed by atoms with E-state index in [2.05, 4.69) is 5.32 Å². The molecule has 11 heavy (non-hydrogen) atoms. The largest absolute Gasteiger partial charge is 0.348 e. The molecule has 64 valence electrons. The summed E-state index contributed by atoms with van der Waals surface area (Å²) in [4.78, 5) is 11.9. The van der Waals surface area contributed by atoms with Crippen LogP contribution in [0.2, 0.25) is 0 Å². The summed E-state index contributed by atoms with van der Waals surface area (Å²) in [5.74, 6) is 0.870. The number of carbonyl (C=O) groups is 1. The Labute approximate surface area is 67.8 Å². The zero-order chi connectivity index (χ0) is 8.10. The monoisotopic (exact) mass is 156 g/mol. The molecule has 1 rings (SSSR count). The van der Waals surface area contributed by atoms with Crippen LogP contribution in [0.5, 0.6) is 0 Å². The van der Waals surface area contributed by atoms with Gasteiger partial charge in [0.05, 0.1) is 0 Å². The van der Waals surface area contributed by atoms with Crippen LogP contribution >= 0.6 is 0 Å². The van der Waals surface area contributed by atoms with E-state index in [1.807, 2.05) is 7.05 Å². The molecule has 1 heterocycles. The van der Waals surface area contributed by atoms with Crippen molar-refractivity contribution < 1.29 is 4.79 Å². The third-order valence-corrected chi connectivity index (χ3v) is 2.17. The Morgan fingerprint density at radius 3 is 2.82 bits per heavy atom. The molecule has 3 heteroatoms. The molecule has 1 fully saturated rings. The summed E-state index contributed by atoms with van der Waals surface area (Å²) in [6, 6.07) is 0. The normalized spacial score (nSPS) is 17.5. The second-order valence-corrected chi connectivity index (χ2v) is 3.25. The van der Waals surface area contributed by atoms with E-state index in [-0.39, 0.29) is 0 Å². The zero-order valence-electron chi connectivity index (χ0n) is 7.05. The number of nitrogens with zero attached hydrogens (tertiary/aromatic N) is 1. The Morgan fingerprint density at radius 2 is 2.36 bits per heavy atom. The first-order valence-electron chi connectivity index (χ1n) is 4.19. The Hall–Kier alpha value is -0.570. The fraction of sp³-hybridized carbons (Fsp3) is 0.875. The molecule has 1 aliphatic rings. The van der Waals surface area contributed by atoms with Gasteiger partial charge in [-0.1, -0.05) is 0 Å². The van der Waals surface area contributed by atoms with E-state index in [0.29, 0.717) is 0 Å². The van der Waals surface area contributed by atoms with Crippen molar-refractivity contribution in [2.24, 2.45) is 5.92 Å². The summed E-state index contributed by atoms with van der Waals surface area (Å²) in [5, 5.41) is 3.23. The minimum absolute atomic E-state index is 0.870. The van der Waals surface area contributed by atoms with E-state index in [1.165, 1.54) is 19.5 Å². The third kappa shape index (κ3) is 2.89. The first kappa shape index (κ1) is 8.53. The first-order valence-corrected chi connectivity index (χ1v) is 4.19. The lowest BCUT2D eigenvalue weighted by Crippen LogP contribution is -2.42. The van der Waals surface area contributed by atoms with Gasteiger partial charge in [0.2, 0.25) is 6.41 Å². The Kier molecular flexibility index (Phi) is 3.36. The molecule has 0 saturated carbocycles. The van der Waals surface area contributed by atoms with Gasteiger partial charge in [-0.3, -0.25) is 4.79 Å². The van der Waals surface area contributed by atoms with Crippen LogP contribution in [0.1, 0.15) is 12.8 Å². The fourth-order valence-corrected chi connectivity index (χ4v) is 1.23. The molecule has 0 bridgehead atoms. The lowest BCUT2D eigenvalue weighted by atomic mass is 9.97. The molecule has 3 nitrogen and oxygen atoms in total. The highest BCUT2D eigenvalue weighted by molar-refractivity contribution is 5.46. The molecule has 1 aliphatic heterocycles. The topological polar surface area (TPSA) is 32.3 Å². The van der Waals surface area contributed by atoms with Crippen LogP contribution in [0.15, 0.2) is 0 Å². The van der Waals surface area contributed by atoms with Crippen molar-refractivity contribution >= 4 is 6.41 Å². The number of carbonyl (C=O) groups excluding carboxylic acids is 1. The maximum absolute atomic E-state index is 10.2. The number of rotatable bonds is 5. The second kappa shape index (κ2) is 4.34. The van der Waals surface area contributed by atoms with Crippen molar-refractivity contribution in [2.75, 3.05) is 26.7 Å². The maximum Gasteiger partial charge on any atom is 0.209 e. The van der Waals surface area contributed by atoms with Crippen molar-refractivity contribution in [3.63, 3.8) is 0 Å². The van der Waals surface area contributed by atoms with E-state index in [0.717, 1.165) is 25.3 Å². The molecule has 1 amide bonds. The van der Waals surface area contributed by atoms with Gasteiger partial charge in [0.15, 0.2) is 0 Å². The molecule has 0 unspecified atom stereocenters. The highest BCUT2D eigenvalue weighted by Crippen LogP contribution is 2.10. The van der Waals surface area contributed by atoms with E-state index >= 15 is 0 Å². The first-order chi connectivity index (χ1) is 5.33. The SMILES string of the molecule is CN(C=O)CCCC1CNC1. The molecule has 1 N–H and O–H groups in total. The van der Waals surface area contributed by atoms with Gasteiger partial charge in [-0.05, 0) is 31.8 Å². The minimum atomic E-state index is 0.870. The fourth-order valence-electron chi connectivity index (χ4n) is 1.23. The van der Waals surface area contributed by atoms with Gasteiger partial charge in [0, 0.05) is 13.6 Å². The summed E-state index contributed by atoms with van der Waals surface area (Å²) < 4.78 is 0. The molecule has 0 aromatic carbocycles. The van der Waals surface area contributed by atoms with Crippen molar-refractivity contribution in [2.45, 2.75) is 12.8 Å². The molecule has 0 atom stereocenters. The predicted molar refractivity (Wildman–Crippen MR) is 44.3 cm³/mol. The van der Waals surface area contributed by atoms with Crippen LogP contribution < -0.4 is 5.32 Å². The molecule has 0 radical (unpaired) electrons. The van der Waals surface area contributed by atoms with Crippen molar-refractivity contribution in [3.05, 3.63) is 0 Å². The van der Waals surface area contributed by atoms with E-state index in [9.17, 15) is 4.79 Å². The lowest BCUT2D eigenvalue weighted by molar-refractivity contribution is -0.117. The molecule has 0 aromatic heterocycles. The Balaban J connectivity index is 1.90.